The van der Waals surface area contributed by atoms with Gasteiger partial charge in [0.2, 0.25) is 5.91 Å². The highest BCUT2D eigenvalue weighted by Crippen LogP contribution is 2.25. The van der Waals surface area contributed by atoms with Gasteiger partial charge in [-0.3, -0.25) is 4.79 Å². The Morgan fingerprint density at radius 3 is 3.00 bits per heavy atom. The van der Waals surface area contributed by atoms with Crippen LogP contribution in [0.15, 0.2) is 18.2 Å². The minimum absolute atomic E-state index is 0.0457. The van der Waals surface area contributed by atoms with Crippen molar-refractivity contribution in [2.45, 2.75) is 26.3 Å². The summed E-state index contributed by atoms with van der Waals surface area (Å²) in [4.78, 5) is 18.5. The number of anilines is 2. The lowest BCUT2D eigenvalue weighted by atomic mass is 9.99. The zero-order valence-electron chi connectivity index (χ0n) is 11.2. The van der Waals surface area contributed by atoms with Gasteiger partial charge in [-0.1, -0.05) is 6.07 Å². The number of hydrogen-bond acceptors (Lipinski definition) is 4. The van der Waals surface area contributed by atoms with Crippen molar-refractivity contribution in [2.24, 2.45) is 0 Å². The maximum absolute atomic E-state index is 11.9. The van der Waals surface area contributed by atoms with Gasteiger partial charge in [0.1, 0.15) is 17.2 Å². The van der Waals surface area contributed by atoms with Crippen LogP contribution in [-0.4, -0.2) is 36.1 Å². The molecule has 98 valence electrons. The van der Waals surface area contributed by atoms with E-state index in [-0.39, 0.29) is 5.91 Å². The minimum Gasteiger partial charge on any atom is -0.370 e. The van der Waals surface area contributed by atoms with Crippen LogP contribution < -0.4 is 15.5 Å². The number of amides is 1. The molecule has 1 aromatic heterocycles. The Bertz CT molecular complexity index is 444. The van der Waals surface area contributed by atoms with E-state index in [1.807, 2.05) is 43.9 Å². The molecule has 18 heavy (non-hydrogen) atoms. The number of piperazine rings is 1. The Balaban J connectivity index is 2.29. The van der Waals surface area contributed by atoms with Gasteiger partial charge in [-0.2, -0.15) is 0 Å². The highest BCUT2D eigenvalue weighted by Gasteiger charge is 2.38. The summed E-state index contributed by atoms with van der Waals surface area (Å²) in [7, 11) is 0. The second-order valence-corrected chi connectivity index (χ2v) is 4.88. The first kappa shape index (κ1) is 12.7. The molecule has 0 bridgehead atoms. The SMILES string of the molecule is CCNc1cccc(N2CCNC(=O)C2(C)C)n1. The third-order valence-electron chi connectivity index (χ3n) is 3.22. The van der Waals surface area contributed by atoms with E-state index in [1.165, 1.54) is 0 Å². The molecule has 1 aromatic rings. The fraction of sp³-hybridized carbons (Fsp3) is 0.538. The zero-order valence-corrected chi connectivity index (χ0v) is 11.2. The van der Waals surface area contributed by atoms with Crippen molar-refractivity contribution >= 4 is 17.5 Å². The first-order chi connectivity index (χ1) is 8.55. The Morgan fingerprint density at radius 1 is 1.50 bits per heavy atom. The van der Waals surface area contributed by atoms with Gasteiger partial charge in [0, 0.05) is 19.6 Å². The van der Waals surface area contributed by atoms with Crippen LogP contribution in [-0.2, 0) is 4.79 Å². The van der Waals surface area contributed by atoms with Crippen molar-refractivity contribution in [2.75, 3.05) is 29.9 Å². The summed E-state index contributed by atoms with van der Waals surface area (Å²) in [5.41, 5.74) is -0.559. The summed E-state index contributed by atoms with van der Waals surface area (Å²) >= 11 is 0. The second kappa shape index (κ2) is 4.84. The first-order valence-electron chi connectivity index (χ1n) is 6.32. The molecule has 5 heteroatoms. The van der Waals surface area contributed by atoms with Crippen molar-refractivity contribution in [1.82, 2.24) is 10.3 Å². The second-order valence-electron chi connectivity index (χ2n) is 4.88. The topological polar surface area (TPSA) is 57.3 Å². The normalized spacial score (nSPS) is 18.4. The van der Waals surface area contributed by atoms with E-state index >= 15 is 0 Å². The van der Waals surface area contributed by atoms with Gasteiger partial charge >= 0.3 is 0 Å². The van der Waals surface area contributed by atoms with E-state index in [1.54, 1.807) is 0 Å². The van der Waals surface area contributed by atoms with Crippen LogP contribution in [0.1, 0.15) is 20.8 Å². The molecule has 2 rings (SSSR count). The lowest BCUT2D eigenvalue weighted by Gasteiger charge is -2.42. The van der Waals surface area contributed by atoms with E-state index in [0.717, 1.165) is 24.7 Å². The Hall–Kier alpha value is -1.78. The third kappa shape index (κ3) is 2.25. The molecule has 0 aromatic carbocycles. The predicted molar refractivity (Wildman–Crippen MR) is 72.8 cm³/mol. The van der Waals surface area contributed by atoms with Crippen LogP contribution in [0.5, 0.6) is 0 Å². The van der Waals surface area contributed by atoms with Gasteiger partial charge in [0.15, 0.2) is 0 Å². The minimum atomic E-state index is -0.559. The van der Waals surface area contributed by atoms with E-state index in [4.69, 9.17) is 0 Å². The van der Waals surface area contributed by atoms with Crippen molar-refractivity contribution in [3.05, 3.63) is 18.2 Å². The molecule has 0 saturated carbocycles. The fourth-order valence-electron chi connectivity index (χ4n) is 2.15. The molecule has 1 fully saturated rings. The average molecular weight is 248 g/mol. The largest absolute Gasteiger partial charge is 0.370 e. The summed E-state index contributed by atoms with van der Waals surface area (Å²) in [6, 6.07) is 5.84. The standard InChI is InChI=1S/C13H20N4O/c1-4-14-10-6-5-7-11(16-10)17-9-8-15-12(18)13(17,2)3/h5-7H,4,8-9H2,1-3H3,(H,14,16)(H,15,18). The summed E-state index contributed by atoms with van der Waals surface area (Å²) in [6.45, 7) is 8.15. The molecule has 0 atom stereocenters. The maximum Gasteiger partial charge on any atom is 0.245 e. The molecule has 2 heterocycles. The van der Waals surface area contributed by atoms with Crippen LogP contribution in [0.4, 0.5) is 11.6 Å². The number of nitrogens with one attached hydrogen (secondary N) is 2. The number of carbonyl (C=O) groups excluding carboxylic acids is 1. The lowest BCUT2D eigenvalue weighted by Crippen LogP contribution is -2.62. The fourth-order valence-corrected chi connectivity index (χ4v) is 2.15. The predicted octanol–water partition coefficient (Wildman–Crippen LogP) is 1.23. The number of aromatic nitrogens is 1. The number of pyridine rings is 1. The summed E-state index contributed by atoms with van der Waals surface area (Å²) < 4.78 is 0. The molecular weight excluding hydrogens is 228 g/mol. The van der Waals surface area contributed by atoms with Crippen LogP contribution in [0.2, 0.25) is 0 Å². The highest BCUT2D eigenvalue weighted by molar-refractivity contribution is 5.90. The molecule has 5 nitrogen and oxygen atoms in total. The maximum atomic E-state index is 11.9. The molecule has 1 amide bonds. The molecule has 1 saturated heterocycles. The monoisotopic (exact) mass is 248 g/mol. The van der Waals surface area contributed by atoms with Crippen LogP contribution in [0.25, 0.3) is 0 Å². The molecule has 0 unspecified atom stereocenters. The molecule has 0 spiro atoms. The van der Waals surface area contributed by atoms with Crippen LogP contribution in [0, 0.1) is 0 Å². The van der Waals surface area contributed by atoms with E-state index in [0.29, 0.717) is 6.54 Å². The van der Waals surface area contributed by atoms with Crippen molar-refractivity contribution < 1.29 is 4.79 Å². The molecule has 2 N–H and O–H groups in total. The molecule has 0 radical (unpaired) electrons. The average Bonchev–Trinajstić information content (AvgIpc) is 2.33. The number of carbonyl (C=O) groups is 1. The highest BCUT2D eigenvalue weighted by atomic mass is 16.2. The summed E-state index contributed by atoms with van der Waals surface area (Å²) in [6.07, 6.45) is 0. The van der Waals surface area contributed by atoms with Gasteiger partial charge < -0.3 is 15.5 Å². The molecule has 1 aliphatic heterocycles. The Kier molecular flexibility index (Phi) is 3.41. The van der Waals surface area contributed by atoms with Gasteiger partial charge in [-0.25, -0.2) is 4.98 Å². The van der Waals surface area contributed by atoms with E-state index < -0.39 is 5.54 Å². The van der Waals surface area contributed by atoms with E-state index in [2.05, 4.69) is 15.6 Å². The van der Waals surface area contributed by atoms with Crippen molar-refractivity contribution in [1.29, 1.82) is 0 Å². The number of rotatable bonds is 3. The van der Waals surface area contributed by atoms with Gasteiger partial charge in [0.05, 0.1) is 0 Å². The zero-order chi connectivity index (χ0) is 13.2. The van der Waals surface area contributed by atoms with Gasteiger partial charge in [-0.05, 0) is 32.9 Å². The molecule has 0 aliphatic carbocycles. The Labute approximate surface area is 108 Å². The van der Waals surface area contributed by atoms with Crippen molar-refractivity contribution in [3.63, 3.8) is 0 Å². The van der Waals surface area contributed by atoms with Gasteiger partial charge in [-0.15, -0.1) is 0 Å². The van der Waals surface area contributed by atoms with Crippen molar-refractivity contribution in [3.8, 4) is 0 Å². The number of nitrogens with zero attached hydrogens (tertiary/aromatic N) is 2. The summed E-state index contributed by atoms with van der Waals surface area (Å²) in [5, 5.41) is 6.08. The van der Waals surface area contributed by atoms with Gasteiger partial charge in [0.25, 0.3) is 0 Å². The number of hydrogen-bond donors (Lipinski definition) is 2. The van der Waals surface area contributed by atoms with Crippen LogP contribution >= 0.6 is 0 Å². The Morgan fingerprint density at radius 2 is 2.28 bits per heavy atom. The smallest absolute Gasteiger partial charge is 0.245 e. The lowest BCUT2D eigenvalue weighted by molar-refractivity contribution is -0.126. The quantitative estimate of drug-likeness (QED) is 0.844. The summed E-state index contributed by atoms with van der Waals surface area (Å²) in [5.74, 6) is 1.73. The van der Waals surface area contributed by atoms with Crippen LogP contribution in [0.3, 0.4) is 0 Å². The third-order valence-corrected chi connectivity index (χ3v) is 3.22. The van der Waals surface area contributed by atoms with E-state index in [9.17, 15) is 4.79 Å². The molecule has 1 aliphatic rings. The molecular formula is C13H20N4O. The first-order valence-corrected chi connectivity index (χ1v) is 6.32.